The van der Waals surface area contributed by atoms with Crippen LogP contribution in [0.3, 0.4) is 0 Å². The smallest absolute Gasteiger partial charge is 0.0845 e. The number of benzene rings is 3. The summed E-state index contributed by atoms with van der Waals surface area (Å²) in [4.78, 5) is 4.95. The summed E-state index contributed by atoms with van der Waals surface area (Å²) in [7, 11) is 0. The number of β-amino-alcohol motifs (C(OH)–C–C–N with tert-alkyl or cyclic N) is 1. The molecule has 1 unspecified atom stereocenters. The summed E-state index contributed by atoms with van der Waals surface area (Å²) in [5.41, 5.74) is 3.73. The van der Waals surface area contributed by atoms with Gasteiger partial charge in [-0.1, -0.05) is 62.2 Å². The van der Waals surface area contributed by atoms with Gasteiger partial charge in [0.15, 0.2) is 0 Å². The molecular weight excluding hydrogens is 613 g/mol. The lowest BCUT2D eigenvalue weighted by molar-refractivity contribution is 0.0659. The largest absolute Gasteiger partial charge is 0.390 e. The monoisotopic (exact) mass is 641 g/mol. The number of aliphatic hydroxyl groups excluding tert-OH is 1. The SMILES string of the molecule is Cl.Cl.OC(CN1CCN(CCc2ccccc2)CC1)Cn1c2ccc(Br)cc2c2cc(Br)ccc21. The molecule has 1 fully saturated rings. The first-order chi connectivity index (χ1) is 16.1. The third-order valence-corrected chi connectivity index (χ3v) is 7.66. The van der Waals surface area contributed by atoms with Gasteiger partial charge < -0.3 is 14.6 Å². The predicted octanol–water partition coefficient (Wildman–Crippen LogP) is 6.38. The van der Waals surface area contributed by atoms with Crippen LogP contribution < -0.4 is 0 Å². The molecule has 1 atom stereocenters. The zero-order valence-corrected chi connectivity index (χ0v) is 24.3. The maximum atomic E-state index is 11.0. The van der Waals surface area contributed by atoms with Crippen molar-refractivity contribution in [2.45, 2.75) is 19.1 Å². The van der Waals surface area contributed by atoms with Gasteiger partial charge in [-0.25, -0.2) is 0 Å². The second-order valence-electron chi connectivity index (χ2n) is 8.97. The minimum Gasteiger partial charge on any atom is -0.390 e. The molecule has 0 radical (unpaired) electrons. The van der Waals surface area contributed by atoms with Crippen molar-refractivity contribution >= 4 is 78.5 Å². The molecule has 1 N–H and O–H groups in total. The highest BCUT2D eigenvalue weighted by molar-refractivity contribution is 9.10. The summed E-state index contributed by atoms with van der Waals surface area (Å²) in [5.74, 6) is 0. The zero-order valence-electron chi connectivity index (χ0n) is 19.4. The van der Waals surface area contributed by atoms with E-state index < -0.39 is 6.10 Å². The fraction of sp³-hybridized carbons (Fsp3) is 0.333. The normalized spacial score (nSPS) is 15.6. The van der Waals surface area contributed by atoms with Crippen molar-refractivity contribution in [2.24, 2.45) is 0 Å². The van der Waals surface area contributed by atoms with Crippen LogP contribution in [-0.4, -0.2) is 64.8 Å². The van der Waals surface area contributed by atoms with E-state index in [-0.39, 0.29) is 24.8 Å². The first-order valence-corrected chi connectivity index (χ1v) is 13.2. The number of hydrogen-bond acceptors (Lipinski definition) is 3. The number of halogens is 4. The van der Waals surface area contributed by atoms with Crippen LogP contribution in [0.1, 0.15) is 5.56 Å². The summed E-state index contributed by atoms with van der Waals surface area (Å²) >= 11 is 7.22. The van der Waals surface area contributed by atoms with E-state index in [2.05, 4.69) is 113 Å². The zero-order chi connectivity index (χ0) is 22.8. The third-order valence-electron chi connectivity index (χ3n) is 6.68. The first kappa shape index (κ1) is 28.5. The third kappa shape index (κ3) is 6.80. The Balaban J connectivity index is 0.00000171. The van der Waals surface area contributed by atoms with Crippen LogP contribution in [0.2, 0.25) is 0 Å². The average Bonchev–Trinajstić information content (AvgIpc) is 3.11. The highest BCUT2D eigenvalue weighted by Crippen LogP contribution is 2.33. The molecule has 1 aliphatic rings. The lowest BCUT2D eigenvalue weighted by Gasteiger charge is -2.35. The molecule has 0 aliphatic carbocycles. The minimum absolute atomic E-state index is 0. The summed E-state index contributed by atoms with van der Waals surface area (Å²) in [6.07, 6.45) is 0.690. The number of rotatable bonds is 7. The lowest BCUT2D eigenvalue weighted by atomic mass is 10.1. The van der Waals surface area contributed by atoms with E-state index in [1.165, 1.54) is 16.3 Å². The summed E-state index contributed by atoms with van der Waals surface area (Å²) < 4.78 is 4.41. The molecule has 35 heavy (non-hydrogen) atoms. The molecule has 1 saturated heterocycles. The Bertz CT molecular complexity index is 1180. The van der Waals surface area contributed by atoms with Crippen LogP contribution in [0.25, 0.3) is 21.8 Å². The Morgan fingerprint density at radius 2 is 1.26 bits per heavy atom. The number of fused-ring (bicyclic) bond motifs is 3. The summed E-state index contributed by atoms with van der Waals surface area (Å²) in [6, 6.07) is 23.5. The molecular formula is C27H31Br2Cl2N3O. The molecule has 3 aromatic carbocycles. The fourth-order valence-corrected chi connectivity index (χ4v) is 5.66. The van der Waals surface area contributed by atoms with Crippen molar-refractivity contribution in [1.82, 2.24) is 14.4 Å². The van der Waals surface area contributed by atoms with Gasteiger partial charge in [0, 0.05) is 70.0 Å². The van der Waals surface area contributed by atoms with Gasteiger partial charge in [-0.2, -0.15) is 0 Å². The maximum Gasteiger partial charge on any atom is 0.0845 e. The number of aliphatic hydroxyl groups is 1. The van der Waals surface area contributed by atoms with Crippen molar-refractivity contribution in [2.75, 3.05) is 39.3 Å². The summed E-state index contributed by atoms with van der Waals surface area (Å²) in [6.45, 7) is 6.57. The average molecular weight is 644 g/mol. The van der Waals surface area contributed by atoms with Gasteiger partial charge >= 0.3 is 0 Å². The van der Waals surface area contributed by atoms with Crippen molar-refractivity contribution in [3.05, 3.63) is 81.2 Å². The molecule has 188 valence electrons. The fourth-order valence-electron chi connectivity index (χ4n) is 4.94. The standard InChI is InChI=1S/C27H29Br2N3O.2ClH/c28-21-6-8-26-24(16-21)25-17-22(29)7-9-27(25)32(26)19-23(33)18-31-14-12-30(13-15-31)11-10-20-4-2-1-3-5-20;;/h1-9,16-17,23,33H,10-15,18-19H2;2*1H. The highest BCUT2D eigenvalue weighted by Gasteiger charge is 2.21. The van der Waals surface area contributed by atoms with E-state index in [1.54, 1.807) is 0 Å². The molecule has 4 nitrogen and oxygen atoms in total. The molecule has 8 heteroatoms. The van der Waals surface area contributed by atoms with E-state index >= 15 is 0 Å². The second-order valence-corrected chi connectivity index (χ2v) is 10.8. The topological polar surface area (TPSA) is 31.6 Å². The van der Waals surface area contributed by atoms with Crippen molar-refractivity contribution < 1.29 is 5.11 Å². The predicted molar refractivity (Wildman–Crippen MR) is 158 cm³/mol. The van der Waals surface area contributed by atoms with Crippen molar-refractivity contribution in [3.63, 3.8) is 0 Å². The Labute approximate surface area is 236 Å². The second kappa shape index (κ2) is 12.9. The Hall–Kier alpha value is -1.12. The van der Waals surface area contributed by atoms with Gasteiger partial charge in [0.1, 0.15) is 0 Å². The molecule has 0 bridgehead atoms. The summed E-state index contributed by atoms with van der Waals surface area (Å²) in [5, 5.41) is 13.4. The Morgan fingerprint density at radius 1 is 0.714 bits per heavy atom. The van der Waals surface area contributed by atoms with E-state index in [9.17, 15) is 5.11 Å². The van der Waals surface area contributed by atoms with Crippen LogP contribution in [0.4, 0.5) is 0 Å². The Kier molecular flexibility index (Phi) is 10.5. The lowest BCUT2D eigenvalue weighted by Crippen LogP contribution is -2.49. The van der Waals surface area contributed by atoms with Crippen LogP contribution in [0.5, 0.6) is 0 Å². The van der Waals surface area contributed by atoms with Gasteiger partial charge in [-0.05, 0) is 48.4 Å². The first-order valence-electron chi connectivity index (χ1n) is 11.6. The van der Waals surface area contributed by atoms with Crippen molar-refractivity contribution in [3.8, 4) is 0 Å². The van der Waals surface area contributed by atoms with Crippen LogP contribution in [0, 0.1) is 0 Å². The highest BCUT2D eigenvalue weighted by atomic mass is 79.9. The van der Waals surface area contributed by atoms with E-state index in [4.69, 9.17) is 0 Å². The van der Waals surface area contributed by atoms with E-state index in [0.29, 0.717) is 13.1 Å². The molecule has 1 aliphatic heterocycles. The molecule has 0 saturated carbocycles. The van der Waals surface area contributed by atoms with Gasteiger partial charge in [0.05, 0.1) is 12.6 Å². The molecule has 4 aromatic rings. The molecule has 5 rings (SSSR count). The molecule has 1 aromatic heterocycles. The quantitative estimate of drug-likeness (QED) is 0.254. The van der Waals surface area contributed by atoms with Gasteiger partial charge in [-0.3, -0.25) is 4.90 Å². The van der Waals surface area contributed by atoms with Crippen LogP contribution >= 0.6 is 56.7 Å². The van der Waals surface area contributed by atoms with Crippen LogP contribution in [0.15, 0.2) is 75.7 Å². The number of piperazine rings is 1. The van der Waals surface area contributed by atoms with Gasteiger partial charge in [-0.15, -0.1) is 24.8 Å². The number of nitrogens with zero attached hydrogens (tertiary/aromatic N) is 3. The van der Waals surface area contributed by atoms with Gasteiger partial charge in [0.25, 0.3) is 0 Å². The number of hydrogen-bond donors (Lipinski definition) is 1. The minimum atomic E-state index is -0.410. The molecule has 0 spiro atoms. The number of aromatic nitrogens is 1. The van der Waals surface area contributed by atoms with E-state index in [1.807, 2.05) is 0 Å². The maximum absolute atomic E-state index is 11.0. The molecule has 0 amide bonds. The van der Waals surface area contributed by atoms with Crippen LogP contribution in [-0.2, 0) is 13.0 Å². The van der Waals surface area contributed by atoms with Gasteiger partial charge in [0.2, 0.25) is 0 Å². The van der Waals surface area contributed by atoms with Crippen molar-refractivity contribution in [1.29, 1.82) is 0 Å². The Morgan fingerprint density at radius 3 is 1.83 bits per heavy atom. The van der Waals surface area contributed by atoms with E-state index in [0.717, 1.165) is 59.1 Å². The molecule has 2 heterocycles.